The SMILES string of the molecule is CCCNc1cc(C(=O)N2CCOCC2)cc2sc(=S)[nH]c12. The second-order valence-electron chi connectivity index (χ2n) is 5.24. The summed E-state index contributed by atoms with van der Waals surface area (Å²) in [7, 11) is 0. The van der Waals surface area contributed by atoms with Crippen molar-refractivity contribution in [3.05, 3.63) is 21.7 Å². The molecule has 1 amide bonds. The quantitative estimate of drug-likeness (QED) is 0.841. The van der Waals surface area contributed by atoms with Gasteiger partial charge in [0.25, 0.3) is 5.91 Å². The summed E-state index contributed by atoms with van der Waals surface area (Å²) in [5, 5.41) is 3.38. The summed E-state index contributed by atoms with van der Waals surface area (Å²) in [6, 6.07) is 3.86. The zero-order valence-corrected chi connectivity index (χ0v) is 14.1. The predicted molar refractivity (Wildman–Crippen MR) is 92.5 cm³/mol. The van der Waals surface area contributed by atoms with Crippen LogP contribution in [0.4, 0.5) is 5.69 Å². The van der Waals surface area contributed by atoms with Crippen molar-refractivity contribution >= 4 is 45.4 Å². The number of nitrogens with one attached hydrogen (secondary N) is 2. The summed E-state index contributed by atoms with van der Waals surface area (Å²) in [6.07, 6.45) is 1.02. The summed E-state index contributed by atoms with van der Waals surface area (Å²) >= 11 is 6.74. The van der Waals surface area contributed by atoms with Crippen LogP contribution in [0.2, 0.25) is 0 Å². The summed E-state index contributed by atoms with van der Waals surface area (Å²) in [5.41, 5.74) is 2.64. The van der Waals surface area contributed by atoms with E-state index in [0.717, 1.165) is 32.8 Å². The summed E-state index contributed by atoms with van der Waals surface area (Å²) in [6.45, 7) is 5.49. The van der Waals surface area contributed by atoms with Gasteiger partial charge < -0.3 is 19.9 Å². The molecule has 0 atom stereocenters. The number of benzene rings is 1. The van der Waals surface area contributed by atoms with E-state index < -0.39 is 0 Å². The van der Waals surface area contributed by atoms with Crippen molar-refractivity contribution < 1.29 is 9.53 Å². The second-order valence-corrected chi connectivity index (χ2v) is 6.96. The van der Waals surface area contributed by atoms with Crippen molar-refractivity contribution in [2.75, 3.05) is 38.2 Å². The standard InChI is InChI=1S/C15H19N3O2S2/c1-2-3-16-11-8-10(9-12-13(11)17-15(21)22-12)14(19)18-4-6-20-7-5-18/h8-9,16H,2-7H2,1H3,(H,17,21). The number of H-pyrrole nitrogens is 1. The number of aromatic amines is 1. The number of hydrogen-bond donors (Lipinski definition) is 2. The lowest BCUT2D eigenvalue weighted by molar-refractivity contribution is 0.0303. The fraction of sp³-hybridized carbons (Fsp3) is 0.467. The van der Waals surface area contributed by atoms with Crippen LogP contribution in [0.25, 0.3) is 10.2 Å². The van der Waals surface area contributed by atoms with E-state index in [-0.39, 0.29) is 5.91 Å². The maximum atomic E-state index is 12.7. The van der Waals surface area contributed by atoms with Gasteiger partial charge in [-0.3, -0.25) is 4.79 Å². The highest BCUT2D eigenvalue weighted by atomic mass is 32.1. The van der Waals surface area contributed by atoms with Gasteiger partial charge in [-0.1, -0.05) is 6.92 Å². The number of thiazole rings is 1. The van der Waals surface area contributed by atoms with E-state index in [1.165, 1.54) is 11.3 Å². The Bertz CT molecular complexity index is 732. The zero-order valence-electron chi connectivity index (χ0n) is 12.5. The monoisotopic (exact) mass is 337 g/mol. The van der Waals surface area contributed by atoms with Crippen LogP contribution in [0.3, 0.4) is 0 Å². The molecule has 2 aromatic rings. The van der Waals surface area contributed by atoms with Crippen LogP contribution in [-0.2, 0) is 4.74 Å². The molecule has 1 aliphatic heterocycles. The van der Waals surface area contributed by atoms with E-state index in [4.69, 9.17) is 17.0 Å². The van der Waals surface area contributed by atoms with Crippen LogP contribution in [-0.4, -0.2) is 48.6 Å². The van der Waals surface area contributed by atoms with Crippen molar-refractivity contribution in [3.63, 3.8) is 0 Å². The lowest BCUT2D eigenvalue weighted by Crippen LogP contribution is -2.40. The maximum Gasteiger partial charge on any atom is 0.254 e. The van der Waals surface area contributed by atoms with E-state index in [2.05, 4.69) is 17.2 Å². The molecule has 1 aliphatic rings. The predicted octanol–water partition coefficient (Wildman–Crippen LogP) is 3.25. The van der Waals surface area contributed by atoms with Crippen molar-refractivity contribution in [1.82, 2.24) is 9.88 Å². The summed E-state index contributed by atoms with van der Waals surface area (Å²) in [5.74, 6) is 0.0593. The first-order valence-corrected chi connectivity index (χ1v) is 8.69. The number of carbonyl (C=O) groups is 1. The van der Waals surface area contributed by atoms with Crippen LogP contribution in [0.15, 0.2) is 12.1 Å². The number of amides is 1. The van der Waals surface area contributed by atoms with Gasteiger partial charge in [-0.2, -0.15) is 0 Å². The van der Waals surface area contributed by atoms with Crippen molar-refractivity contribution in [1.29, 1.82) is 0 Å². The molecule has 3 rings (SSSR count). The van der Waals surface area contributed by atoms with Gasteiger partial charge in [-0.05, 0) is 30.8 Å². The molecule has 2 heterocycles. The van der Waals surface area contributed by atoms with Crippen molar-refractivity contribution in [3.8, 4) is 0 Å². The average molecular weight is 337 g/mol. The molecule has 1 aromatic carbocycles. The first kappa shape index (κ1) is 15.5. The fourth-order valence-corrected chi connectivity index (χ4v) is 3.70. The minimum Gasteiger partial charge on any atom is -0.383 e. The molecule has 0 spiro atoms. The molecule has 1 fully saturated rings. The molecule has 1 aromatic heterocycles. The first-order valence-electron chi connectivity index (χ1n) is 7.47. The third kappa shape index (κ3) is 3.16. The minimum absolute atomic E-state index is 0.0593. The number of carbonyl (C=O) groups excluding carboxylic acids is 1. The Balaban J connectivity index is 1.98. The Morgan fingerprint density at radius 2 is 2.23 bits per heavy atom. The van der Waals surface area contributed by atoms with Crippen LogP contribution in [0.1, 0.15) is 23.7 Å². The Kier molecular flexibility index (Phi) is 4.75. The van der Waals surface area contributed by atoms with Gasteiger partial charge in [0.1, 0.15) is 0 Å². The van der Waals surface area contributed by atoms with Crippen molar-refractivity contribution in [2.45, 2.75) is 13.3 Å². The van der Waals surface area contributed by atoms with Gasteiger partial charge in [0.05, 0.1) is 29.1 Å². The normalized spacial score (nSPS) is 15.2. The van der Waals surface area contributed by atoms with Gasteiger partial charge in [0.2, 0.25) is 0 Å². The van der Waals surface area contributed by atoms with Gasteiger partial charge in [0.15, 0.2) is 3.95 Å². The molecule has 0 bridgehead atoms. The third-order valence-electron chi connectivity index (χ3n) is 3.64. The highest BCUT2D eigenvalue weighted by molar-refractivity contribution is 7.73. The number of anilines is 1. The number of nitrogens with zero attached hydrogens (tertiary/aromatic N) is 1. The van der Waals surface area contributed by atoms with Crippen LogP contribution < -0.4 is 5.32 Å². The summed E-state index contributed by atoms with van der Waals surface area (Å²) < 4.78 is 7.06. The Hall–Kier alpha value is -1.44. The highest BCUT2D eigenvalue weighted by Crippen LogP contribution is 2.29. The second kappa shape index (κ2) is 6.76. The van der Waals surface area contributed by atoms with Gasteiger partial charge in [-0.25, -0.2) is 0 Å². The van der Waals surface area contributed by atoms with E-state index >= 15 is 0 Å². The van der Waals surface area contributed by atoms with Crippen LogP contribution in [0, 0.1) is 3.95 Å². The van der Waals surface area contributed by atoms with Gasteiger partial charge >= 0.3 is 0 Å². The summed E-state index contributed by atoms with van der Waals surface area (Å²) in [4.78, 5) is 17.7. The molecule has 7 heteroatoms. The molecule has 0 aliphatic carbocycles. The molecular formula is C15H19N3O2S2. The smallest absolute Gasteiger partial charge is 0.254 e. The molecule has 0 unspecified atom stereocenters. The Morgan fingerprint density at radius 1 is 1.45 bits per heavy atom. The zero-order chi connectivity index (χ0) is 15.5. The average Bonchev–Trinajstić information content (AvgIpc) is 2.93. The first-order chi connectivity index (χ1) is 10.7. The molecule has 22 heavy (non-hydrogen) atoms. The number of fused-ring (bicyclic) bond motifs is 1. The number of morpholine rings is 1. The lowest BCUT2D eigenvalue weighted by atomic mass is 10.1. The molecule has 1 saturated heterocycles. The number of hydrogen-bond acceptors (Lipinski definition) is 5. The van der Waals surface area contributed by atoms with E-state index in [1.54, 1.807) is 0 Å². The number of rotatable bonds is 4. The third-order valence-corrected chi connectivity index (χ3v) is 4.82. The van der Waals surface area contributed by atoms with Gasteiger partial charge in [-0.15, -0.1) is 11.3 Å². The number of aromatic nitrogens is 1. The molecule has 2 N–H and O–H groups in total. The minimum atomic E-state index is 0.0593. The van der Waals surface area contributed by atoms with Crippen LogP contribution in [0.5, 0.6) is 0 Å². The van der Waals surface area contributed by atoms with E-state index in [1.807, 2.05) is 17.0 Å². The maximum absolute atomic E-state index is 12.7. The molecule has 0 radical (unpaired) electrons. The lowest BCUT2D eigenvalue weighted by Gasteiger charge is -2.27. The van der Waals surface area contributed by atoms with Crippen molar-refractivity contribution in [2.24, 2.45) is 0 Å². The molecular weight excluding hydrogens is 318 g/mol. The fourth-order valence-electron chi connectivity index (χ4n) is 2.52. The van der Waals surface area contributed by atoms with E-state index in [0.29, 0.717) is 31.9 Å². The van der Waals surface area contributed by atoms with Crippen LogP contribution >= 0.6 is 23.6 Å². The highest BCUT2D eigenvalue weighted by Gasteiger charge is 2.20. The largest absolute Gasteiger partial charge is 0.383 e. The van der Waals surface area contributed by atoms with E-state index in [9.17, 15) is 4.79 Å². The number of ether oxygens (including phenoxy) is 1. The Labute approximate surface area is 138 Å². The molecule has 0 saturated carbocycles. The molecule has 118 valence electrons. The topological polar surface area (TPSA) is 57.4 Å². The molecule has 5 nitrogen and oxygen atoms in total. The Morgan fingerprint density at radius 3 is 2.95 bits per heavy atom. The van der Waals surface area contributed by atoms with Gasteiger partial charge in [0, 0.05) is 25.2 Å².